The van der Waals surface area contributed by atoms with Crippen molar-refractivity contribution in [3.05, 3.63) is 72.4 Å². The van der Waals surface area contributed by atoms with Gasteiger partial charge in [0.15, 0.2) is 0 Å². The second-order valence-electron chi connectivity index (χ2n) is 11.4. The van der Waals surface area contributed by atoms with E-state index in [4.69, 9.17) is 5.73 Å². The van der Waals surface area contributed by atoms with E-state index >= 15 is 0 Å². The second-order valence-corrected chi connectivity index (χ2v) is 11.4. The highest BCUT2D eigenvalue weighted by molar-refractivity contribution is 5.92. The van der Waals surface area contributed by atoms with Crippen LogP contribution in [0.4, 0.5) is 5.82 Å². The van der Waals surface area contributed by atoms with Crippen LogP contribution in [0.5, 0.6) is 0 Å². The molecule has 2 aromatic carbocycles. The SMILES string of the molecule is CC(C)(N)c1ccc(-c2cnc(NC(=O)CC3CCC(N4CCCC4=O)CC3)cc2-c2ccccc2)cc1. The number of pyridine rings is 1. The molecule has 1 aliphatic carbocycles. The number of nitrogens with one attached hydrogen (secondary N) is 1. The third-order valence-corrected chi connectivity index (χ3v) is 8.04. The summed E-state index contributed by atoms with van der Waals surface area (Å²) in [4.78, 5) is 31.7. The average Bonchev–Trinajstić information content (AvgIpc) is 3.35. The van der Waals surface area contributed by atoms with Crippen LogP contribution in [-0.2, 0) is 15.1 Å². The number of nitrogens with zero attached hydrogens (tertiary/aromatic N) is 2. The van der Waals surface area contributed by atoms with Gasteiger partial charge in [-0.2, -0.15) is 0 Å². The first kappa shape index (κ1) is 26.1. The maximum Gasteiger partial charge on any atom is 0.225 e. The van der Waals surface area contributed by atoms with Crippen LogP contribution in [0, 0.1) is 5.92 Å². The van der Waals surface area contributed by atoms with Crippen molar-refractivity contribution in [3.8, 4) is 22.3 Å². The number of carbonyl (C=O) groups is 2. The molecule has 0 bridgehead atoms. The number of aromatic nitrogens is 1. The van der Waals surface area contributed by atoms with Crippen molar-refractivity contribution >= 4 is 17.6 Å². The summed E-state index contributed by atoms with van der Waals surface area (Å²) in [5, 5.41) is 3.05. The lowest BCUT2D eigenvalue weighted by Gasteiger charge is -2.34. The topological polar surface area (TPSA) is 88.3 Å². The molecule has 1 saturated carbocycles. The molecule has 1 saturated heterocycles. The standard InChI is InChI=1S/C32H38N4O2/c1-32(2,33)25-14-12-24(13-15-25)28-21-34-29(20-27(28)23-7-4-3-5-8-23)35-30(37)19-22-10-16-26(17-11-22)36-18-6-9-31(36)38/h3-5,7-8,12-15,20-22,26H,6,9-11,16-19,33H2,1-2H3,(H,34,35,37). The van der Waals surface area contributed by atoms with Gasteiger partial charge in [0.25, 0.3) is 0 Å². The number of rotatable bonds is 7. The molecule has 3 aromatic rings. The van der Waals surface area contributed by atoms with E-state index in [1.165, 1.54) is 0 Å². The minimum Gasteiger partial charge on any atom is -0.340 e. The molecule has 5 rings (SSSR count). The largest absolute Gasteiger partial charge is 0.340 e. The summed E-state index contributed by atoms with van der Waals surface area (Å²) in [5.41, 5.74) is 11.1. The fraction of sp³-hybridized carbons (Fsp3) is 0.406. The van der Waals surface area contributed by atoms with Gasteiger partial charge in [0.1, 0.15) is 5.82 Å². The molecule has 2 aliphatic rings. The Morgan fingerprint density at radius 3 is 2.32 bits per heavy atom. The molecule has 3 N–H and O–H groups in total. The van der Waals surface area contributed by atoms with Crippen LogP contribution in [-0.4, -0.2) is 34.3 Å². The molecule has 1 aliphatic heterocycles. The van der Waals surface area contributed by atoms with Crippen LogP contribution >= 0.6 is 0 Å². The molecule has 2 amide bonds. The van der Waals surface area contributed by atoms with Gasteiger partial charge in [-0.3, -0.25) is 9.59 Å². The van der Waals surface area contributed by atoms with Crippen LogP contribution in [0.3, 0.4) is 0 Å². The van der Waals surface area contributed by atoms with Crippen molar-refractivity contribution in [3.63, 3.8) is 0 Å². The summed E-state index contributed by atoms with van der Waals surface area (Å²) in [6.07, 6.45) is 7.97. The molecule has 0 unspecified atom stereocenters. The molecule has 0 spiro atoms. The lowest BCUT2D eigenvalue weighted by atomic mass is 9.83. The monoisotopic (exact) mass is 510 g/mol. The number of anilines is 1. The number of amides is 2. The van der Waals surface area contributed by atoms with Crippen LogP contribution in [0.15, 0.2) is 66.9 Å². The van der Waals surface area contributed by atoms with Gasteiger partial charge in [-0.15, -0.1) is 0 Å². The molecule has 38 heavy (non-hydrogen) atoms. The zero-order chi connectivity index (χ0) is 26.7. The van der Waals surface area contributed by atoms with Gasteiger partial charge < -0.3 is 16.0 Å². The third-order valence-electron chi connectivity index (χ3n) is 8.04. The first-order valence-electron chi connectivity index (χ1n) is 13.8. The van der Waals surface area contributed by atoms with E-state index in [0.717, 1.165) is 66.5 Å². The molecule has 0 radical (unpaired) electrons. The number of hydrogen-bond donors (Lipinski definition) is 2. The van der Waals surface area contributed by atoms with E-state index in [-0.39, 0.29) is 5.91 Å². The van der Waals surface area contributed by atoms with Gasteiger partial charge in [-0.05, 0) is 80.2 Å². The molecule has 2 heterocycles. The molecule has 198 valence electrons. The zero-order valence-corrected chi connectivity index (χ0v) is 22.5. The fourth-order valence-electron chi connectivity index (χ4n) is 5.86. The number of benzene rings is 2. The molecular weight excluding hydrogens is 472 g/mol. The Bertz CT molecular complexity index is 1270. The minimum absolute atomic E-state index is 0.000472. The van der Waals surface area contributed by atoms with Crippen LogP contribution in [0.25, 0.3) is 22.3 Å². The quantitative estimate of drug-likeness (QED) is 0.401. The van der Waals surface area contributed by atoms with E-state index in [2.05, 4.69) is 51.6 Å². The second kappa shape index (κ2) is 11.1. The number of hydrogen-bond acceptors (Lipinski definition) is 4. The lowest BCUT2D eigenvalue weighted by molar-refractivity contribution is -0.130. The van der Waals surface area contributed by atoms with Crippen LogP contribution in [0.2, 0.25) is 0 Å². The van der Waals surface area contributed by atoms with Gasteiger partial charge >= 0.3 is 0 Å². The normalized spacial score (nSPS) is 20.0. The predicted octanol–water partition coefficient (Wildman–Crippen LogP) is 6.12. The van der Waals surface area contributed by atoms with Crippen LogP contribution < -0.4 is 11.1 Å². The summed E-state index contributed by atoms with van der Waals surface area (Å²) in [6, 6.07) is 20.8. The molecule has 0 atom stereocenters. The Morgan fingerprint density at radius 2 is 1.68 bits per heavy atom. The Hall–Kier alpha value is -3.51. The van der Waals surface area contributed by atoms with Gasteiger partial charge in [0, 0.05) is 42.7 Å². The van der Waals surface area contributed by atoms with Crippen molar-refractivity contribution in [1.82, 2.24) is 9.88 Å². The lowest BCUT2D eigenvalue weighted by Crippen LogP contribution is -2.39. The fourth-order valence-corrected chi connectivity index (χ4v) is 5.86. The highest BCUT2D eigenvalue weighted by Gasteiger charge is 2.32. The van der Waals surface area contributed by atoms with Crippen molar-refractivity contribution in [2.75, 3.05) is 11.9 Å². The van der Waals surface area contributed by atoms with Gasteiger partial charge in [0.2, 0.25) is 11.8 Å². The third kappa shape index (κ3) is 5.97. The van der Waals surface area contributed by atoms with E-state index in [1.807, 2.05) is 44.3 Å². The summed E-state index contributed by atoms with van der Waals surface area (Å²) >= 11 is 0. The highest BCUT2D eigenvalue weighted by Crippen LogP contribution is 2.35. The number of carbonyl (C=O) groups excluding carboxylic acids is 2. The van der Waals surface area contributed by atoms with E-state index in [9.17, 15) is 9.59 Å². The zero-order valence-electron chi connectivity index (χ0n) is 22.5. The van der Waals surface area contributed by atoms with Gasteiger partial charge in [0.05, 0.1) is 0 Å². The summed E-state index contributed by atoms with van der Waals surface area (Å²) in [7, 11) is 0. The first-order chi connectivity index (χ1) is 18.3. The van der Waals surface area contributed by atoms with E-state index in [0.29, 0.717) is 36.5 Å². The maximum absolute atomic E-state index is 13.0. The number of likely N-dealkylation sites (tertiary alicyclic amines) is 1. The van der Waals surface area contributed by atoms with Crippen molar-refractivity contribution in [2.24, 2.45) is 11.7 Å². The summed E-state index contributed by atoms with van der Waals surface area (Å²) in [6.45, 7) is 4.89. The van der Waals surface area contributed by atoms with Crippen LogP contribution in [0.1, 0.15) is 64.4 Å². The molecular formula is C32H38N4O2. The Kier molecular flexibility index (Phi) is 7.61. The highest BCUT2D eigenvalue weighted by atomic mass is 16.2. The maximum atomic E-state index is 13.0. The van der Waals surface area contributed by atoms with Crippen molar-refractivity contribution < 1.29 is 9.59 Å². The smallest absolute Gasteiger partial charge is 0.225 e. The minimum atomic E-state index is -0.405. The predicted molar refractivity (Wildman–Crippen MR) is 152 cm³/mol. The molecule has 6 nitrogen and oxygen atoms in total. The Balaban J connectivity index is 1.28. The van der Waals surface area contributed by atoms with Gasteiger partial charge in [-0.1, -0.05) is 54.6 Å². The summed E-state index contributed by atoms with van der Waals surface area (Å²) in [5.74, 6) is 1.21. The molecule has 2 fully saturated rings. The summed E-state index contributed by atoms with van der Waals surface area (Å²) < 4.78 is 0. The van der Waals surface area contributed by atoms with Crippen molar-refractivity contribution in [2.45, 2.75) is 70.4 Å². The Labute approximate surface area is 225 Å². The number of nitrogens with two attached hydrogens (primary N) is 1. The van der Waals surface area contributed by atoms with E-state index in [1.54, 1.807) is 0 Å². The average molecular weight is 511 g/mol. The van der Waals surface area contributed by atoms with Gasteiger partial charge in [-0.25, -0.2) is 4.98 Å². The Morgan fingerprint density at radius 1 is 1.00 bits per heavy atom. The first-order valence-corrected chi connectivity index (χ1v) is 13.8. The molecule has 1 aromatic heterocycles. The van der Waals surface area contributed by atoms with Crippen molar-refractivity contribution in [1.29, 1.82) is 0 Å². The molecule has 6 heteroatoms. The van der Waals surface area contributed by atoms with E-state index < -0.39 is 5.54 Å².